The molecular formula is C12H22N2O. The van der Waals surface area contributed by atoms with Gasteiger partial charge in [0, 0.05) is 19.5 Å². The van der Waals surface area contributed by atoms with Crippen LogP contribution in [-0.2, 0) is 4.79 Å². The van der Waals surface area contributed by atoms with E-state index >= 15 is 0 Å². The van der Waals surface area contributed by atoms with Crippen LogP contribution in [0.5, 0.6) is 0 Å². The minimum Gasteiger partial charge on any atom is -0.289 e. The van der Waals surface area contributed by atoms with Gasteiger partial charge in [-0.3, -0.25) is 10.2 Å². The average Bonchev–Trinajstić information content (AvgIpc) is 2.26. The van der Waals surface area contributed by atoms with Crippen LogP contribution in [0.2, 0.25) is 0 Å². The Morgan fingerprint density at radius 3 is 2.67 bits per heavy atom. The summed E-state index contributed by atoms with van der Waals surface area (Å²) in [6.45, 7) is 5.69. The van der Waals surface area contributed by atoms with Gasteiger partial charge in [-0.05, 0) is 32.1 Å². The van der Waals surface area contributed by atoms with E-state index in [0.717, 1.165) is 32.4 Å². The van der Waals surface area contributed by atoms with Gasteiger partial charge >= 0.3 is 0 Å². The maximum absolute atomic E-state index is 11.5. The van der Waals surface area contributed by atoms with Gasteiger partial charge in [-0.1, -0.05) is 12.5 Å². The molecule has 3 heteroatoms. The first-order valence-electron chi connectivity index (χ1n) is 5.98. The van der Waals surface area contributed by atoms with E-state index in [-0.39, 0.29) is 5.91 Å². The molecule has 1 saturated heterocycles. The Kier molecular flexibility index (Phi) is 6.09. The van der Waals surface area contributed by atoms with Crippen LogP contribution in [0.15, 0.2) is 12.7 Å². The average molecular weight is 210 g/mol. The Morgan fingerprint density at radius 1 is 1.27 bits per heavy atom. The van der Waals surface area contributed by atoms with E-state index in [1.54, 1.807) is 0 Å². The Balaban J connectivity index is 2.04. The molecule has 1 aliphatic rings. The van der Waals surface area contributed by atoms with Crippen LogP contribution < -0.4 is 5.43 Å². The molecule has 0 aromatic heterocycles. The second-order valence-electron chi connectivity index (χ2n) is 4.12. The van der Waals surface area contributed by atoms with Crippen LogP contribution in [0.25, 0.3) is 0 Å². The summed E-state index contributed by atoms with van der Waals surface area (Å²) in [5, 5.41) is 2.05. The van der Waals surface area contributed by atoms with E-state index in [1.807, 2.05) is 6.08 Å². The molecule has 0 spiro atoms. The minimum absolute atomic E-state index is 0.168. The number of piperidine rings is 1. The normalized spacial score (nSPS) is 17.3. The van der Waals surface area contributed by atoms with Gasteiger partial charge in [-0.15, -0.1) is 6.58 Å². The van der Waals surface area contributed by atoms with E-state index in [0.29, 0.717) is 6.42 Å². The van der Waals surface area contributed by atoms with Gasteiger partial charge in [0.05, 0.1) is 0 Å². The lowest BCUT2D eigenvalue weighted by Gasteiger charge is -2.26. The third kappa shape index (κ3) is 5.57. The molecule has 15 heavy (non-hydrogen) atoms. The summed E-state index contributed by atoms with van der Waals surface area (Å²) in [7, 11) is 0. The largest absolute Gasteiger partial charge is 0.289 e. The van der Waals surface area contributed by atoms with Crippen molar-refractivity contribution in [3.63, 3.8) is 0 Å². The number of rotatable bonds is 6. The molecule has 1 aliphatic heterocycles. The predicted octanol–water partition coefficient (Wildman–Crippen LogP) is 2.25. The summed E-state index contributed by atoms with van der Waals surface area (Å²) in [6.07, 6.45) is 9.30. The second-order valence-corrected chi connectivity index (χ2v) is 4.12. The zero-order valence-electron chi connectivity index (χ0n) is 9.50. The zero-order chi connectivity index (χ0) is 10.9. The Hall–Kier alpha value is -0.830. The second kappa shape index (κ2) is 7.46. The van der Waals surface area contributed by atoms with E-state index in [1.165, 1.54) is 19.3 Å². The standard InChI is InChI=1S/C12H22N2O/c1-2-3-4-6-9-12(15)13-14-10-7-5-8-11-14/h2H,1,3-11H2,(H,13,15). The molecule has 3 nitrogen and oxygen atoms in total. The summed E-state index contributed by atoms with van der Waals surface area (Å²) in [5.41, 5.74) is 2.96. The van der Waals surface area contributed by atoms with Crippen molar-refractivity contribution in [1.82, 2.24) is 10.4 Å². The smallest absolute Gasteiger partial charge is 0.234 e. The molecular weight excluding hydrogens is 188 g/mol. The van der Waals surface area contributed by atoms with Crippen LogP contribution in [0.4, 0.5) is 0 Å². The maximum atomic E-state index is 11.5. The lowest BCUT2D eigenvalue weighted by Crippen LogP contribution is -2.44. The first kappa shape index (κ1) is 12.2. The van der Waals surface area contributed by atoms with Crippen molar-refractivity contribution in [2.24, 2.45) is 0 Å². The quantitative estimate of drug-likeness (QED) is 0.538. The monoisotopic (exact) mass is 210 g/mol. The fraction of sp³-hybridized carbons (Fsp3) is 0.750. The molecule has 1 amide bonds. The molecule has 1 N–H and O–H groups in total. The Morgan fingerprint density at radius 2 is 2.00 bits per heavy atom. The van der Waals surface area contributed by atoms with Gasteiger partial charge in [0.25, 0.3) is 0 Å². The number of nitrogens with one attached hydrogen (secondary N) is 1. The van der Waals surface area contributed by atoms with Crippen molar-refractivity contribution in [2.75, 3.05) is 13.1 Å². The summed E-state index contributed by atoms with van der Waals surface area (Å²) in [4.78, 5) is 11.5. The van der Waals surface area contributed by atoms with Crippen LogP contribution in [-0.4, -0.2) is 24.0 Å². The molecule has 86 valence electrons. The number of unbranched alkanes of at least 4 members (excludes halogenated alkanes) is 2. The van der Waals surface area contributed by atoms with Crippen molar-refractivity contribution >= 4 is 5.91 Å². The lowest BCUT2D eigenvalue weighted by molar-refractivity contribution is -0.126. The summed E-state index contributed by atoms with van der Waals surface area (Å²) < 4.78 is 0. The highest BCUT2D eigenvalue weighted by Crippen LogP contribution is 2.06. The Bertz CT molecular complexity index is 198. The highest BCUT2D eigenvalue weighted by molar-refractivity contribution is 5.75. The highest BCUT2D eigenvalue weighted by Gasteiger charge is 2.11. The molecule has 1 fully saturated rings. The molecule has 1 heterocycles. The molecule has 1 rings (SSSR count). The number of allylic oxidation sites excluding steroid dienone is 1. The van der Waals surface area contributed by atoms with Gasteiger partial charge < -0.3 is 0 Å². The summed E-state index contributed by atoms with van der Waals surface area (Å²) >= 11 is 0. The lowest BCUT2D eigenvalue weighted by atomic mass is 10.1. The molecule has 0 atom stereocenters. The topological polar surface area (TPSA) is 32.3 Å². The molecule has 0 bridgehead atoms. The summed E-state index contributed by atoms with van der Waals surface area (Å²) in [6, 6.07) is 0. The molecule has 0 saturated carbocycles. The maximum Gasteiger partial charge on any atom is 0.234 e. The summed E-state index contributed by atoms with van der Waals surface area (Å²) in [5.74, 6) is 0.168. The first-order valence-corrected chi connectivity index (χ1v) is 5.98. The van der Waals surface area contributed by atoms with E-state index in [4.69, 9.17) is 0 Å². The highest BCUT2D eigenvalue weighted by atomic mass is 16.2. The van der Waals surface area contributed by atoms with Gasteiger partial charge in [0.1, 0.15) is 0 Å². The van der Waals surface area contributed by atoms with E-state index in [2.05, 4.69) is 17.0 Å². The van der Waals surface area contributed by atoms with Crippen molar-refractivity contribution in [2.45, 2.75) is 44.9 Å². The fourth-order valence-corrected chi connectivity index (χ4v) is 1.81. The SMILES string of the molecule is C=CCCCCC(=O)NN1CCCCC1. The van der Waals surface area contributed by atoms with Crippen LogP contribution in [0.1, 0.15) is 44.9 Å². The number of carbonyl (C=O) groups excluding carboxylic acids is 1. The molecule has 0 aromatic carbocycles. The Labute approximate surface area is 92.5 Å². The van der Waals surface area contributed by atoms with Crippen LogP contribution >= 0.6 is 0 Å². The number of hydrogen-bond donors (Lipinski definition) is 1. The van der Waals surface area contributed by atoms with Crippen molar-refractivity contribution in [3.05, 3.63) is 12.7 Å². The predicted molar refractivity (Wildman–Crippen MR) is 62.2 cm³/mol. The van der Waals surface area contributed by atoms with Crippen molar-refractivity contribution < 1.29 is 4.79 Å². The van der Waals surface area contributed by atoms with Gasteiger partial charge in [0.2, 0.25) is 5.91 Å². The number of amides is 1. The van der Waals surface area contributed by atoms with Gasteiger partial charge in [-0.25, -0.2) is 5.01 Å². The fourth-order valence-electron chi connectivity index (χ4n) is 1.81. The minimum atomic E-state index is 0.168. The van der Waals surface area contributed by atoms with Crippen molar-refractivity contribution in [1.29, 1.82) is 0 Å². The first-order chi connectivity index (χ1) is 7.33. The van der Waals surface area contributed by atoms with Crippen molar-refractivity contribution in [3.8, 4) is 0 Å². The van der Waals surface area contributed by atoms with Crippen LogP contribution in [0.3, 0.4) is 0 Å². The van der Waals surface area contributed by atoms with E-state index in [9.17, 15) is 4.79 Å². The number of nitrogens with zero attached hydrogens (tertiary/aromatic N) is 1. The number of hydrazine groups is 1. The van der Waals surface area contributed by atoms with Gasteiger partial charge in [-0.2, -0.15) is 0 Å². The van der Waals surface area contributed by atoms with Gasteiger partial charge in [0.15, 0.2) is 0 Å². The van der Waals surface area contributed by atoms with Crippen LogP contribution in [0, 0.1) is 0 Å². The molecule has 0 aliphatic carbocycles. The molecule has 0 radical (unpaired) electrons. The molecule has 0 aromatic rings. The van der Waals surface area contributed by atoms with E-state index < -0.39 is 0 Å². The third-order valence-corrected chi connectivity index (χ3v) is 2.70. The zero-order valence-corrected chi connectivity index (χ0v) is 9.50. The molecule has 0 unspecified atom stereocenters. The third-order valence-electron chi connectivity index (χ3n) is 2.70. The number of carbonyl (C=O) groups is 1. The number of hydrogen-bond acceptors (Lipinski definition) is 2.